The quantitative estimate of drug-likeness (QED) is 0.574. The first-order valence-electron chi connectivity index (χ1n) is 9.13. The van der Waals surface area contributed by atoms with Gasteiger partial charge in [0.05, 0.1) is 23.9 Å². The van der Waals surface area contributed by atoms with Crippen LogP contribution >= 0.6 is 15.9 Å². The lowest BCUT2D eigenvalue weighted by Gasteiger charge is -2.14. The molecule has 2 aromatic rings. The molecule has 158 valence electrons. The first kappa shape index (κ1) is 22.0. The molecule has 0 saturated carbocycles. The number of aliphatic imine (C=N–C) groups is 1. The highest BCUT2D eigenvalue weighted by molar-refractivity contribution is 9.10. The number of fused-ring (bicyclic) bond motifs is 1. The van der Waals surface area contributed by atoms with Crippen molar-refractivity contribution in [3.05, 3.63) is 64.1 Å². The van der Waals surface area contributed by atoms with Crippen LogP contribution < -0.4 is 10.0 Å². The number of halogens is 1. The van der Waals surface area contributed by atoms with Crippen molar-refractivity contribution >= 4 is 43.7 Å². The third kappa shape index (κ3) is 5.45. The zero-order chi connectivity index (χ0) is 21.7. The van der Waals surface area contributed by atoms with Crippen LogP contribution in [0.2, 0.25) is 0 Å². The van der Waals surface area contributed by atoms with E-state index in [0.29, 0.717) is 5.56 Å². The van der Waals surface area contributed by atoms with E-state index < -0.39 is 28.5 Å². The van der Waals surface area contributed by atoms with Crippen molar-refractivity contribution in [3.8, 4) is 0 Å². The number of esters is 1. The molecule has 1 unspecified atom stereocenters. The molecule has 2 aromatic carbocycles. The fourth-order valence-corrected chi connectivity index (χ4v) is 4.36. The van der Waals surface area contributed by atoms with Crippen LogP contribution in [-0.4, -0.2) is 39.3 Å². The Labute approximate surface area is 182 Å². The summed E-state index contributed by atoms with van der Waals surface area (Å²) in [5.41, 5.74) is 1.39. The van der Waals surface area contributed by atoms with Gasteiger partial charge in [0, 0.05) is 10.0 Å². The van der Waals surface area contributed by atoms with E-state index in [0.717, 1.165) is 10.0 Å². The summed E-state index contributed by atoms with van der Waals surface area (Å²) in [4.78, 5) is 28.2. The Morgan fingerprint density at radius 1 is 1.17 bits per heavy atom. The average molecular weight is 494 g/mol. The number of carbonyl (C=O) groups is 2. The molecule has 8 nitrogen and oxygen atoms in total. The van der Waals surface area contributed by atoms with Gasteiger partial charge in [-0.25, -0.2) is 8.42 Å². The van der Waals surface area contributed by atoms with E-state index in [1.165, 1.54) is 6.07 Å². The maximum Gasteiger partial charge on any atom is 0.308 e. The molecule has 0 radical (unpaired) electrons. The minimum atomic E-state index is -3.62. The number of benzene rings is 2. The maximum absolute atomic E-state index is 12.0. The Morgan fingerprint density at radius 3 is 2.60 bits per heavy atom. The second-order valence-electron chi connectivity index (χ2n) is 6.58. The van der Waals surface area contributed by atoms with Gasteiger partial charge in [0.25, 0.3) is 15.9 Å². The summed E-state index contributed by atoms with van der Waals surface area (Å²) >= 11 is 3.35. The van der Waals surface area contributed by atoms with Gasteiger partial charge in [-0.15, -0.1) is 0 Å². The minimum absolute atomic E-state index is 0.0297. The molecule has 0 saturated heterocycles. The number of carbonyl (C=O) groups excluding carboxylic acids is 2. The maximum atomic E-state index is 12.0. The molecular formula is C20H20BrN3O5S. The Balaban J connectivity index is 1.45. The van der Waals surface area contributed by atoms with Crippen LogP contribution in [0.15, 0.2) is 62.9 Å². The van der Waals surface area contributed by atoms with Gasteiger partial charge in [-0.05, 0) is 36.8 Å². The van der Waals surface area contributed by atoms with Crippen LogP contribution in [0.5, 0.6) is 0 Å². The molecule has 0 bridgehead atoms. The molecule has 10 heteroatoms. The van der Waals surface area contributed by atoms with E-state index in [2.05, 4.69) is 31.0 Å². The number of ether oxygens (including phenoxy) is 1. The van der Waals surface area contributed by atoms with Gasteiger partial charge in [0.1, 0.15) is 5.84 Å². The summed E-state index contributed by atoms with van der Waals surface area (Å²) < 4.78 is 32.3. The van der Waals surface area contributed by atoms with Crippen LogP contribution in [0.25, 0.3) is 0 Å². The van der Waals surface area contributed by atoms with E-state index in [1.807, 2.05) is 31.2 Å². The number of nitrogens with zero attached hydrogens (tertiary/aromatic N) is 1. The molecule has 1 aliphatic heterocycles. The Kier molecular flexibility index (Phi) is 6.88. The molecular weight excluding hydrogens is 474 g/mol. The molecule has 0 aliphatic carbocycles. The van der Waals surface area contributed by atoms with Gasteiger partial charge in [-0.1, -0.05) is 40.2 Å². The van der Waals surface area contributed by atoms with E-state index >= 15 is 0 Å². The smallest absolute Gasteiger partial charge is 0.308 e. The van der Waals surface area contributed by atoms with Crippen molar-refractivity contribution in [1.82, 2.24) is 10.0 Å². The van der Waals surface area contributed by atoms with Crippen molar-refractivity contribution in [1.29, 1.82) is 0 Å². The lowest BCUT2D eigenvalue weighted by molar-refractivity contribution is -0.148. The zero-order valence-electron chi connectivity index (χ0n) is 16.1. The predicted octanol–water partition coefficient (Wildman–Crippen LogP) is 2.30. The second-order valence-corrected chi connectivity index (χ2v) is 9.15. The Morgan fingerprint density at radius 2 is 1.87 bits per heavy atom. The molecule has 1 atom stereocenters. The molecule has 30 heavy (non-hydrogen) atoms. The molecule has 3 rings (SSSR count). The summed E-state index contributed by atoms with van der Waals surface area (Å²) in [7, 11) is -3.62. The van der Waals surface area contributed by atoms with Crippen LogP contribution in [0, 0.1) is 0 Å². The lowest BCUT2D eigenvalue weighted by atomic mass is 10.1. The fourth-order valence-electron chi connectivity index (χ4n) is 2.85. The number of amides is 1. The van der Waals surface area contributed by atoms with E-state index in [-0.39, 0.29) is 29.7 Å². The monoisotopic (exact) mass is 493 g/mol. The topological polar surface area (TPSA) is 114 Å². The molecule has 0 aromatic heterocycles. The third-order valence-electron chi connectivity index (χ3n) is 4.36. The van der Waals surface area contributed by atoms with E-state index in [9.17, 15) is 18.0 Å². The number of nitrogens with one attached hydrogen (secondary N) is 2. The second kappa shape index (κ2) is 9.40. The number of hydrogen-bond acceptors (Lipinski definition) is 6. The SMILES string of the molecule is CC(NC(=O)COC(=O)CCN=C1NS(=O)(=O)c2ccccc21)c1ccc(Br)cc1. The minimum Gasteiger partial charge on any atom is -0.456 e. The van der Waals surface area contributed by atoms with Gasteiger partial charge in [0.15, 0.2) is 6.61 Å². The molecule has 1 aliphatic rings. The van der Waals surface area contributed by atoms with E-state index in [4.69, 9.17) is 4.74 Å². The molecule has 0 fully saturated rings. The summed E-state index contributed by atoms with van der Waals surface area (Å²) in [5, 5.41) is 2.76. The highest BCUT2D eigenvalue weighted by Crippen LogP contribution is 2.22. The van der Waals surface area contributed by atoms with Gasteiger partial charge < -0.3 is 10.1 Å². The van der Waals surface area contributed by atoms with Gasteiger partial charge in [-0.2, -0.15) is 0 Å². The standard InChI is InChI=1S/C20H20BrN3O5S/c1-13(14-6-8-15(21)9-7-14)23-18(25)12-29-19(26)10-11-22-20-16-4-2-3-5-17(16)30(27,28)24-20/h2-9,13H,10-12H2,1H3,(H,22,24)(H,23,25). The van der Waals surface area contributed by atoms with Crippen LogP contribution in [0.4, 0.5) is 0 Å². The fraction of sp³-hybridized carbons (Fsp3) is 0.250. The molecule has 1 amide bonds. The highest BCUT2D eigenvalue weighted by Gasteiger charge is 2.29. The Hall–Kier alpha value is -2.72. The number of sulfonamides is 1. The summed E-state index contributed by atoms with van der Waals surface area (Å²) in [6.07, 6.45) is -0.0804. The lowest BCUT2D eigenvalue weighted by Crippen LogP contribution is -2.31. The molecule has 0 spiro atoms. The third-order valence-corrected chi connectivity index (χ3v) is 6.29. The van der Waals surface area contributed by atoms with Crippen molar-refractivity contribution in [2.75, 3.05) is 13.2 Å². The number of hydrogen-bond donors (Lipinski definition) is 2. The normalized spacial score (nSPS) is 16.4. The van der Waals surface area contributed by atoms with Crippen LogP contribution in [0.3, 0.4) is 0 Å². The van der Waals surface area contributed by atoms with Crippen molar-refractivity contribution in [2.24, 2.45) is 4.99 Å². The van der Waals surface area contributed by atoms with Crippen LogP contribution in [-0.2, 0) is 24.3 Å². The van der Waals surface area contributed by atoms with E-state index in [1.54, 1.807) is 18.2 Å². The van der Waals surface area contributed by atoms with Crippen molar-refractivity contribution in [2.45, 2.75) is 24.3 Å². The van der Waals surface area contributed by atoms with Crippen molar-refractivity contribution in [3.63, 3.8) is 0 Å². The number of amidine groups is 1. The molecule has 1 heterocycles. The average Bonchev–Trinajstić information content (AvgIpc) is 2.97. The number of rotatable bonds is 7. The first-order chi connectivity index (χ1) is 14.3. The molecule has 2 N–H and O–H groups in total. The summed E-state index contributed by atoms with van der Waals surface area (Å²) in [5.74, 6) is -0.818. The van der Waals surface area contributed by atoms with Crippen LogP contribution in [0.1, 0.15) is 30.5 Å². The largest absolute Gasteiger partial charge is 0.456 e. The predicted molar refractivity (Wildman–Crippen MR) is 114 cm³/mol. The van der Waals surface area contributed by atoms with Gasteiger partial charge >= 0.3 is 5.97 Å². The summed E-state index contributed by atoms with van der Waals surface area (Å²) in [6, 6.07) is 13.8. The van der Waals surface area contributed by atoms with Gasteiger partial charge in [0.2, 0.25) is 0 Å². The van der Waals surface area contributed by atoms with Crippen molar-refractivity contribution < 1.29 is 22.7 Å². The van der Waals surface area contributed by atoms with Gasteiger partial charge in [-0.3, -0.25) is 19.3 Å². The highest BCUT2D eigenvalue weighted by atomic mass is 79.9. The zero-order valence-corrected chi connectivity index (χ0v) is 18.5. The Bertz CT molecular complexity index is 1080. The summed E-state index contributed by atoms with van der Waals surface area (Å²) in [6.45, 7) is 1.47. The first-order valence-corrected chi connectivity index (χ1v) is 11.4.